The Morgan fingerprint density at radius 1 is 1.35 bits per heavy atom. The molecule has 0 spiro atoms. The van der Waals surface area contributed by atoms with E-state index in [4.69, 9.17) is 0 Å². The molecule has 4 rings (SSSR count). The Labute approximate surface area is 150 Å². The van der Waals surface area contributed by atoms with Crippen LogP contribution in [0.2, 0.25) is 0 Å². The molecule has 4 heterocycles. The zero-order valence-electron chi connectivity index (χ0n) is 14.5. The van der Waals surface area contributed by atoms with Crippen LogP contribution in [0, 0.1) is 0 Å². The third kappa shape index (κ3) is 3.05. The number of H-pyrrole nitrogens is 1. The lowest BCUT2D eigenvalue weighted by Gasteiger charge is -2.32. The third-order valence-corrected chi connectivity index (χ3v) is 4.73. The van der Waals surface area contributed by atoms with Crippen LogP contribution in [0.25, 0.3) is 5.65 Å². The number of aromatic amines is 1. The molecule has 1 saturated heterocycles. The largest absolute Gasteiger partial charge is 0.338 e. The van der Waals surface area contributed by atoms with E-state index in [-0.39, 0.29) is 17.7 Å². The molecule has 26 heavy (non-hydrogen) atoms. The van der Waals surface area contributed by atoms with E-state index in [0.29, 0.717) is 17.8 Å². The normalized spacial score (nSPS) is 17.4. The maximum Gasteiger partial charge on any atom is 0.255 e. The van der Waals surface area contributed by atoms with Crippen molar-refractivity contribution in [3.05, 3.63) is 48.2 Å². The van der Waals surface area contributed by atoms with Gasteiger partial charge in [0, 0.05) is 44.5 Å². The van der Waals surface area contributed by atoms with Crippen LogP contribution in [-0.2, 0) is 4.79 Å². The predicted molar refractivity (Wildman–Crippen MR) is 96.0 cm³/mol. The predicted octanol–water partition coefficient (Wildman–Crippen LogP) is 2.04. The molecular formula is C18H20N6O2. The SMILES string of the molecule is CC(=O)Nc1cn[nH]c1C1CCCN(C(=O)c2ccc3nccn3c2)C1. The summed E-state index contributed by atoms with van der Waals surface area (Å²) in [6.45, 7) is 2.79. The first-order valence-corrected chi connectivity index (χ1v) is 8.64. The number of pyridine rings is 1. The lowest BCUT2D eigenvalue weighted by atomic mass is 9.93. The summed E-state index contributed by atoms with van der Waals surface area (Å²) in [5.74, 6) is -0.00931. The molecule has 1 aliphatic rings. The van der Waals surface area contributed by atoms with Gasteiger partial charge in [0.1, 0.15) is 5.65 Å². The molecule has 0 saturated carbocycles. The first kappa shape index (κ1) is 16.3. The van der Waals surface area contributed by atoms with Gasteiger partial charge in [0.15, 0.2) is 0 Å². The van der Waals surface area contributed by atoms with Crippen molar-refractivity contribution in [3.8, 4) is 0 Å². The summed E-state index contributed by atoms with van der Waals surface area (Å²) in [5, 5.41) is 9.84. The molecule has 2 amide bonds. The molecule has 1 atom stereocenters. The second kappa shape index (κ2) is 6.62. The molecule has 1 fully saturated rings. The van der Waals surface area contributed by atoms with Gasteiger partial charge in [-0.25, -0.2) is 4.98 Å². The van der Waals surface area contributed by atoms with Crippen LogP contribution >= 0.6 is 0 Å². The summed E-state index contributed by atoms with van der Waals surface area (Å²) in [5.41, 5.74) is 3.03. The van der Waals surface area contributed by atoms with Crippen molar-refractivity contribution >= 4 is 23.1 Å². The Morgan fingerprint density at radius 2 is 2.23 bits per heavy atom. The van der Waals surface area contributed by atoms with Crippen LogP contribution in [0.1, 0.15) is 41.7 Å². The quantitative estimate of drug-likeness (QED) is 0.754. The van der Waals surface area contributed by atoms with E-state index in [1.807, 2.05) is 33.8 Å². The van der Waals surface area contributed by atoms with E-state index < -0.39 is 0 Å². The van der Waals surface area contributed by atoms with Gasteiger partial charge in [0.05, 0.1) is 23.1 Å². The molecule has 2 N–H and O–H groups in total. The molecule has 134 valence electrons. The number of aromatic nitrogens is 4. The molecule has 0 aliphatic carbocycles. The van der Waals surface area contributed by atoms with Gasteiger partial charge in [0.25, 0.3) is 5.91 Å². The highest BCUT2D eigenvalue weighted by Crippen LogP contribution is 2.31. The van der Waals surface area contributed by atoms with Crippen molar-refractivity contribution in [3.63, 3.8) is 0 Å². The second-order valence-electron chi connectivity index (χ2n) is 6.58. The van der Waals surface area contributed by atoms with Crippen molar-refractivity contribution in [1.82, 2.24) is 24.5 Å². The molecule has 0 aromatic carbocycles. The Bertz CT molecular complexity index is 959. The molecule has 3 aromatic heterocycles. The molecule has 8 nitrogen and oxygen atoms in total. The van der Waals surface area contributed by atoms with Crippen molar-refractivity contribution in [2.24, 2.45) is 0 Å². The number of rotatable bonds is 3. The van der Waals surface area contributed by atoms with Gasteiger partial charge in [-0.15, -0.1) is 0 Å². The smallest absolute Gasteiger partial charge is 0.255 e. The highest BCUT2D eigenvalue weighted by molar-refractivity contribution is 5.94. The minimum absolute atomic E-state index is 0.00546. The molecule has 0 radical (unpaired) electrons. The minimum atomic E-state index is -0.134. The number of amides is 2. The highest BCUT2D eigenvalue weighted by atomic mass is 16.2. The van der Waals surface area contributed by atoms with E-state index in [1.54, 1.807) is 12.4 Å². The summed E-state index contributed by atoms with van der Waals surface area (Å²) < 4.78 is 1.85. The van der Waals surface area contributed by atoms with Crippen molar-refractivity contribution in [2.75, 3.05) is 18.4 Å². The lowest BCUT2D eigenvalue weighted by Crippen LogP contribution is -2.39. The Hall–Kier alpha value is -3.16. The monoisotopic (exact) mass is 352 g/mol. The number of likely N-dealkylation sites (tertiary alicyclic amines) is 1. The average molecular weight is 352 g/mol. The van der Waals surface area contributed by atoms with E-state index in [9.17, 15) is 9.59 Å². The van der Waals surface area contributed by atoms with Crippen LogP contribution in [0.3, 0.4) is 0 Å². The number of nitrogens with one attached hydrogen (secondary N) is 2. The van der Waals surface area contributed by atoms with Gasteiger partial charge in [-0.3, -0.25) is 14.7 Å². The van der Waals surface area contributed by atoms with E-state index in [0.717, 1.165) is 30.7 Å². The fourth-order valence-corrected chi connectivity index (χ4v) is 3.52. The summed E-state index contributed by atoms with van der Waals surface area (Å²) in [6, 6.07) is 3.66. The number of hydrogen-bond acceptors (Lipinski definition) is 4. The van der Waals surface area contributed by atoms with Crippen molar-refractivity contribution in [1.29, 1.82) is 0 Å². The maximum absolute atomic E-state index is 12.9. The molecule has 1 unspecified atom stereocenters. The molecule has 3 aromatic rings. The van der Waals surface area contributed by atoms with E-state index in [2.05, 4.69) is 20.5 Å². The van der Waals surface area contributed by atoms with Crippen LogP contribution in [-0.4, -0.2) is 49.4 Å². The van der Waals surface area contributed by atoms with Gasteiger partial charge in [-0.2, -0.15) is 5.10 Å². The van der Waals surface area contributed by atoms with Gasteiger partial charge < -0.3 is 14.6 Å². The van der Waals surface area contributed by atoms with Crippen LogP contribution < -0.4 is 5.32 Å². The van der Waals surface area contributed by atoms with Crippen LogP contribution in [0.5, 0.6) is 0 Å². The van der Waals surface area contributed by atoms with Gasteiger partial charge in [-0.05, 0) is 25.0 Å². The molecule has 0 bridgehead atoms. The van der Waals surface area contributed by atoms with Gasteiger partial charge >= 0.3 is 0 Å². The summed E-state index contributed by atoms with van der Waals surface area (Å²) in [4.78, 5) is 30.4. The Balaban J connectivity index is 1.53. The first-order valence-electron chi connectivity index (χ1n) is 8.64. The molecule has 8 heteroatoms. The average Bonchev–Trinajstić information content (AvgIpc) is 3.29. The number of carbonyl (C=O) groups is 2. The van der Waals surface area contributed by atoms with E-state index >= 15 is 0 Å². The van der Waals surface area contributed by atoms with Crippen molar-refractivity contribution < 1.29 is 9.59 Å². The van der Waals surface area contributed by atoms with Crippen LogP contribution in [0.4, 0.5) is 5.69 Å². The first-order chi connectivity index (χ1) is 12.6. The number of carbonyl (C=O) groups excluding carboxylic acids is 2. The maximum atomic E-state index is 12.9. The highest BCUT2D eigenvalue weighted by Gasteiger charge is 2.28. The lowest BCUT2D eigenvalue weighted by molar-refractivity contribution is -0.114. The van der Waals surface area contributed by atoms with Crippen LogP contribution in [0.15, 0.2) is 36.9 Å². The van der Waals surface area contributed by atoms with Gasteiger partial charge in [0.2, 0.25) is 5.91 Å². The number of hydrogen-bond donors (Lipinski definition) is 2. The Morgan fingerprint density at radius 3 is 3.08 bits per heavy atom. The Kier molecular flexibility index (Phi) is 4.16. The number of anilines is 1. The van der Waals surface area contributed by atoms with Gasteiger partial charge in [-0.1, -0.05) is 0 Å². The third-order valence-electron chi connectivity index (χ3n) is 4.73. The fourth-order valence-electron chi connectivity index (χ4n) is 3.52. The number of piperidine rings is 1. The number of fused-ring (bicyclic) bond motifs is 1. The summed E-state index contributed by atoms with van der Waals surface area (Å²) in [6.07, 6.45) is 8.82. The topological polar surface area (TPSA) is 95.4 Å². The van der Waals surface area contributed by atoms with Crippen molar-refractivity contribution in [2.45, 2.75) is 25.7 Å². The van der Waals surface area contributed by atoms with E-state index in [1.165, 1.54) is 6.92 Å². The molecular weight excluding hydrogens is 332 g/mol. The minimum Gasteiger partial charge on any atom is -0.338 e. The fraction of sp³-hybridized carbons (Fsp3) is 0.333. The summed E-state index contributed by atoms with van der Waals surface area (Å²) in [7, 11) is 0. The second-order valence-corrected chi connectivity index (χ2v) is 6.58. The number of imidazole rings is 1. The zero-order valence-corrected chi connectivity index (χ0v) is 14.5. The number of nitrogens with zero attached hydrogens (tertiary/aromatic N) is 4. The summed E-state index contributed by atoms with van der Waals surface area (Å²) >= 11 is 0. The zero-order chi connectivity index (χ0) is 18.1. The standard InChI is InChI=1S/C18H20N6O2/c1-12(25)21-15-9-20-22-17(15)13-3-2-7-24(10-13)18(26)14-4-5-16-19-6-8-23(16)11-14/h4-6,8-9,11,13H,2-3,7,10H2,1H3,(H,20,22)(H,21,25). The molecule has 1 aliphatic heterocycles.